The lowest BCUT2D eigenvalue weighted by Crippen LogP contribution is -2.30. The van der Waals surface area contributed by atoms with E-state index in [1.807, 2.05) is 0 Å². The molecule has 0 saturated heterocycles. The van der Waals surface area contributed by atoms with Crippen LogP contribution < -0.4 is 0 Å². The average Bonchev–Trinajstić information content (AvgIpc) is 0.919. The lowest BCUT2D eigenvalue weighted by molar-refractivity contribution is -0.161. The van der Waals surface area contributed by atoms with Crippen LogP contribution in [-0.2, 0) is 65.4 Å². The molecule has 0 bridgehead atoms. The van der Waals surface area contributed by atoms with Crippen LogP contribution in [-0.4, -0.2) is 96.7 Å². The predicted molar refractivity (Wildman–Crippen MR) is 418 cm³/mol. The molecule has 0 aliphatic carbocycles. The van der Waals surface area contributed by atoms with Gasteiger partial charge in [-0.15, -0.1) is 0 Å². The topological polar surface area (TPSA) is 237 Å². The lowest BCUT2D eigenvalue weighted by Gasteiger charge is -2.21. The molecule has 606 valence electrons. The molecule has 3 N–H and O–H groups in total. The molecule has 0 spiro atoms. The van der Waals surface area contributed by atoms with Gasteiger partial charge in [-0.1, -0.05) is 376 Å². The molecule has 0 amide bonds. The zero-order chi connectivity index (χ0) is 75.3. The molecule has 0 rings (SSSR count). The number of carbonyl (C=O) groups is 4. The zero-order valence-electron chi connectivity index (χ0n) is 67.2. The van der Waals surface area contributed by atoms with Crippen LogP contribution in [0.3, 0.4) is 0 Å². The van der Waals surface area contributed by atoms with Gasteiger partial charge in [0.25, 0.3) is 0 Å². The molecule has 0 aromatic rings. The minimum atomic E-state index is -4.96. The number of hydrogen-bond donors (Lipinski definition) is 3. The van der Waals surface area contributed by atoms with Crippen molar-refractivity contribution in [1.82, 2.24) is 0 Å². The number of phosphoric ester groups is 2. The van der Waals surface area contributed by atoms with E-state index in [9.17, 15) is 43.2 Å². The Labute approximate surface area is 626 Å². The molecule has 17 nitrogen and oxygen atoms in total. The van der Waals surface area contributed by atoms with Gasteiger partial charge >= 0.3 is 39.5 Å². The molecule has 0 aliphatic heterocycles. The second-order valence-electron chi connectivity index (χ2n) is 31.8. The molecule has 0 saturated carbocycles. The van der Waals surface area contributed by atoms with E-state index < -0.39 is 97.5 Å². The first-order valence-electron chi connectivity index (χ1n) is 42.7. The first-order valence-corrected chi connectivity index (χ1v) is 45.7. The van der Waals surface area contributed by atoms with Crippen LogP contribution in [0.15, 0.2) is 0 Å². The second-order valence-corrected chi connectivity index (χ2v) is 34.7. The van der Waals surface area contributed by atoms with Gasteiger partial charge in [0.15, 0.2) is 12.2 Å². The van der Waals surface area contributed by atoms with Crippen molar-refractivity contribution in [2.75, 3.05) is 39.6 Å². The Bertz CT molecular complexity index is 1990. The summed E-state index contributed by atoms with van der Waals surface area (Å²) in [6.07, 6.45) is 59.8. The molecule has 0 aromatic carbocycles. The molecule has 19 heteroatoms. The zero-order valence-corrected chi connectivity index (χ0v) is 69.0. The first kappa shape index (κ1) is 100. The fraction of sp³-hybridized carbons (Fsp3) is 0.952. The highest BCUT2D eigenvalue weighted by molar-refractivity contribution is 7.47. The van der Waals surface area contributed by atoms with Crippen molar-refractivity contribution in [2.45, 2.75) is 446 Å². The number of rotatable bonds is 80. The SMILES string of the molecule is CC(C)CCCCCCCCCCCCCCCCCCCCC(=O)O[C@H](COC(=O)CCCCCCCCCC(C)C)COP(=O)(O)OCC(O)COP(=O)(O)OC[C@@H](COC(=O)CCCCCCCCCCCCC(C)C)OC(=O)CCCCCCCCCCCCCCCCCC(C)C. The highest BCUT2D eigenvalue weighted by Gasteiger charge is 2.30. The molecule has 3 unspecified atom stereocenters. The molecule has 0 radical (unpaired) electrons. The largest absolute Gasteiger partial charge is 0.472 e. The summed E-state index contributed by atoms with van der Waals surface area (Å²) in [4.78, 5) is 73.1. The Morgan fingerprint density at radius 1 is 0.245 bits per heavy atom. The molecular formula is C83H162O17P2. The summed E-state index contributed by atoms with van der Waals surface area (Å²) in [6, 6.07) is 0. The van der Waals surface area contributed by atoms with Gasteiger partial charge in [-0.2, -0.15) is 0 Å². The Morgan fingerprint density at radius 3 is 0.608 bits per heavy atom. The van der Waals surface area contributed by atoms with Crippen molar-refractivity contribution in [3.63, 3.8) is 0 Å². The van der Waals surface area contributed by atoms with Gasteiger partial charge in [0.1, 0.15) is 19.3 Å². The molecule has 0 aliphatic rings. The second kappa shape index (κ2) is 72.0. The molecular weight excluding hydrogens is 1330 g/mol. The summed E-state index contributed by atoms with van der Waals surface area (Å²) in [5.74, 6) is 0.974. The third-order valence-corrected chi connectivity index (χ3v) is 21.2. The minimum absolute atomic E-state index is 0.107. The van der Waals surface area contributed by atoms with Gasteiger partial charge in [-0.05, 0) is 49.4 Å². The third kappa shape index (κ3) is 76.3. The van der Waals surface area contributed by atoms with Crippen molar-refractivity contribution >= 4 is 39.5 Å². The number of hydrogen-bond acceptors (Lipinski definition) is 15. The summed E-state index contributed by atoms with van der Waals surface area (Å²) in [6.45, 7) is 14.3. The van der Waals surface area contributed by atoms with E-state index in [1.54, 1.807) is 0 Å². The Hall–Kier alpha value is -1.94. The minimum Gasteiger partial charge on any atom is -0.462 e. The molecule has 5 atom stereocenters. The number of unbranched alkanes of at least 4 members (excludes halogenated alkanes) is 46. The Morgan fingerprint density at radius 2 is 0.412 bits per heavy atom. The fourth-order valence-corrected chi connectivity index (χ4v) is 14.4. The highest BCUT2D eigenvalue weighted by Crippen LogP contribution is 2.45. The van der Waals surface area contributed by atoms with Crippen molar-refractivity contribution < 1.29 is 80.2 Å². The van der Waals surface area contributed by atoms with Crippen LogP contribution in [0.4, 0.5) is 0 Å². The molecule has 0 fully saturated rings. The normalized spacial score (nSPS) is 14.0. The third-order valence-electron chi connectivity index (χ3n) is 19.3. The molecule has 0 aromatic heterocycles. The summed E-state index contributed by atoms with van der Waals surface area (Å²) >= 11 is 0. The van der Waals surface area contributed by atoms with Crippen LogP contribution in [0.1, 0.15) is 428 Å². The van der Waals surface area contributed by atoms with Crippen LogP contribution in [0.2, 0.25) is 0 Å². The maximum Gasteiger partial charge on any atom is 0.472 e. The van der Waals surface area contributed by atoms with E-state index in [0.717, 1.165) is 114 Å². The summed E-state index contributed by atoms with van der Waals surface area (Å²) in [5.41, 5.74) is 0. The van der Waals surface area contributed by atoms with E-state index in [1.165, 1.54) is 225 Å². The highest BCUT2D eigenvalue weighted by atomic mass is 31.2. The number of phosphoric acid groups is 2. The standard InChI is InChI=1S/C83H162O17P2/c1-73(2)59-51-43-35-28-22-18-14-11-9-10-12-16-20-24-32-40-49-57-66-83(88)100-79(70-94-81(86)64-56-48-42-34-38-46-54-62-76(7)8)72-98-102(91,92)96-68-77(84)67-95-101(89,90)97-71-78(69-93-80(85)63-55-47-39-31-27-26-30-37-45-53-61-75(5)6)99-82(87)65-58-50-41-33-25-21-17-13-15-19-23-29-36-44-52-60-74(3)4/h73-79,84H,9-72H2,1-8H3,(H,89,90)(H,91,92)/t77?,78-,79-/m1/s1. The fourth-order valence-electron chi connectivity index (χ4n) is 12.8. The van der Waals surface area contributed by atoms with Crippen LogP contribution >= 0.6 is 15.6 Å². The Kier molecular flexibility index (Phi) is 70.6. The van der Waals surface area contributed by atoms with E-state index in [-0.39, 0.29) is 25.7 Å². The number of aliphatic hydroxyl groups is 1. The number of aliphatic hydroxyl groups excluding tert-OH is 1. The molecule has 0 heterocycles. The first-order chi connectivity index (χ1) is 49.1. The van der Waals surface area contributed by atoms with Crippen molar-refractivity contribution in [2.24, 2.45) is 23.7 Å². The quantitative estimate of drug-likeness (QED) is 0.0222. The van der Waals surface area contributed by atoms with E-state index in [0.29, 0.717) is 31.6 Å². The summed E-state index contributed by atoms with van der Waals surface area (Å²) < 4.78 is 68.8. The van der Waals surface area contributed by atoms with Gasteiger partial charge in [0.05, 0.1) is 26.4 Å². The van der Waals surface area contributed by atoms with Gasteiger partial charge in [-0.3, -0.25) is 37.3 Å². The Balaban J connectivity index is 5.20. The van der Waals surface area contributed by atoms with Crippen LogP contribution in [0.25, 0.3) is 0 Å². The summed E-state index contributed by atoms with van der Waals surface area (Å²) in [7, 11) is -9.92. The van der Waals surface area contributed by atoms with Crippen molar-refractivity contribution in [1.29, 1.82) is 0 Å². The monoisotopic (exact) mass is 1490 g/mol. The van der Waals surface area contributed by atoms with E-state index in [4.69, 9.17) is 37.0 Å². The lowest BCUT2D eigenvalue weighted by atomic mass is 10.0. The van der Waals surface area contributed by atoms with Gasteiger partial charge < -0.3 is 33.8 Å². The smallest absolute Gasteiger partial charge is 0.462 e. The number of ether oxygens (including phenoxy) is 4. The maximum absolute atomic E-state index is 13.1. The number of carbonyl (C=O) groups excluding carboxylic acids is 4. The van der Waals surface area contributed by atoms with Gasteiger partial charge in [-0.25, -0.2) is 9.13 Å². The van der Waals surface area contributed by atoms with E-state index in [2.05, 4.69) is 55.4 Å². The van der Waals surface area contributed by atoms with Crippen molar-refractivity contribution in [3.8, 4) is 0 Å². The predicted octanol–water partition coefficient (Wildman–Crippen LogP) is 24.8. The molecule has 102 heavy (non-hydrogen) atoms. The summed E-state index contributed by atoms with van der Waals surface area (Å²) in [5, 5.41) is 10.7. The van der Waals surface area contributed by atoms with Gasteiger partial charge in [0, 0.05) is 25.7 Å². The maximum atomic E-state index is 13.1. The van der Waals surface area contributed by atoms with E-state index >= 15 is 0 Å². The van der Waals surface area contributed by atoms with Gasteiger partial charge in [0.2, 0.25) is 0 Å². The number of esters is 4. The average molecular weight is 1490 g/mol. The van der Waals surface area contributed by atoms with Crippen molar-refractivity contribution in [3.05, 3.63) is 0 Å². The van der Waals surface area contributed by atoms with Crippen LogP contribution in [0, 0.1) is 23.7 Å². The van der Waals surface area contributed by atoms with Crippen LogP contribution in [0.5, 0.6) is 0 Å².